The molecule has 0 saturated carbocycles. The number of nitrogens with two attached hydrogens (primary N) is 1. The molecule has 4 N–H and O–H groups in total. The van der Waals surface area contributed by atoms with Gasteiger partial charge in [0, 0.05) is 23.7 Å². The van der Waals surface area contributed by atoms with Crippen molar-refractivity contribution in [1.82, 2.24) is 0 Å². The second kappa shape index (κ2) is 6.58. The molecule has 6 heteroatoms. The summed E-state index contributed by atoms with van der Waals surface area (Å²) in [4.78, 5) is 3.12. The number of aliphatic hydroxyl groups is 1. The molecular weight excluding hydrogens is 286 g/mol. The van der Waals surface area contributed by atoms with E-state index in [0.29, 0.717) is 6.54 Å². The Morgan fingerprint density at radius 3 is 2.90 bits per heavy atom. The van der Waals surface area contributed by atoms with Gasteiger partial charge in [0.2, 0.25) is 0 Å². The fourth-order valence-electron chi connectivity index (χ4n) is 2.79. The van der Waals surface area contributed by atoms with Gasteiger partial charge in [-0.25, -0.2) is 0 Å². The smallest absolute Gasteiger partial charge is 0.173 e. The van der Waals surface area contributed by atoms with E-state index < -0.39 is 5.60 Å². The van der Waals surface area contributed by atoms with Gasteiger partial charge in [-0.05, 0) is 37.7 Å². The molecule has 1 atom stereocenters. The van der Waals surface area contributed by atoms with Crippen LogP contribution >= 0.6 is 11.8 Å². The molecule has 0 amide bonds. The number of nitrogens with zero attached hydrogens (tertiary/aromatic N) is 2. The lowest BCUT2D eigenvalue weighted by Gasteiger charge is -2.39. The SMILES string of the molecule is CCSc1cccc(N2CCCC(C)(O)C2)c1/C(N)=N/O. The molecule has 1 aliphatic heterocycles. The summed E-state index contributed by atoms with van der Waals surface area (Å²) in [7, 11) is 0. The number of β-amino-alcohol motifs (C(OH)–C–C–N with tert-alkyl or cyclic N) is 1. The Kier molecular flexibility index (Phi) is 5.00. The van der Waals surface area contributed by atoms with Crippen LogP contribution < -0.4 is 10.6 Å². The normalized spacial score (nSPS) is 23.4. The van der Waals surface area contributed by atoms with Crippen LogP contribution in [-0.4, -0.2) is 40.6 Å². The number of thioether (sulfide) groups is 1. The summed E-state index contributed by atoms with van der Waals surface area (Å²) < 4.78 is 0. The van der Waals surface area contributed by atoms with Crippen molar-refractivity contribution in [2.45, 2.75) is 37.2 Å². The van der Waals surface area contributed by atoms with Crippen molar-refractivity contribution in [3.05, 3.63) is 23.8 Å². The predicted molar refractivity (Wildman–Crippen MR) is 87.4 cm³/mol. The molecular formula is C15H23N3O2S. The van der Waals surface area contributed by atoms with Crippen molar-refractivity contribution in [2.24, 2.45) is 10.9 Å². The Morgan fingerprint density at radius 2 is 2.29 bits per heavy atom. The van der Waals surface area contributed by atoms with Crippen LogP contribution in [0.2, 0.25) is 0 Å². The van der Waals surface area contributed by atoms with Gasteiger partial charge in [0.25, 0.3) is 0 Å². The molecule has 2 rings (SSSR count). The topological polar surface area (TPSA) is 82.1 Å². The molecule has 1 aliphatic rings. The van der Waals surface area contributed by atoms with Crippen LogP contribution in [0.5, 0.6) is 0 Å². The average Bonchev–Trinajstić information content (AvgIpc) is 2.45. The quantitative estimate of drug-likeness (QED) is 0.261. The summed E-state index contributed by atoms with van der Waals surface area (Å²) in [5, 5.41) is 22.6. The molecule has 21 heavy (non-hydrogen) atoms. The zero-order valence-corrected chi connectivity index (χ0v) is 13.4. The van der Waals surface area contributed by atoms with E-state index in [-0.39, 0.29) is 5.84 Å². The molecule has 1 heterocycles. The van der Waals surface area contributed by atoms with E-state index in [1.807, 2.05) is 25.1 Å². The van der Waals surface area contributed by atoms with Crippen LogP contribution in [0.25, 0.3) is 0 Å². The van der Waals surface area contributed by atoms with Gasteiger partial charge in [0.15, 0.2) is 5.84 Å². The molecule has 1 saturated heterocycles. The largest absolute Gasteiger partial charge is 0.409 e. The third kappa shape index (κ3) is 3.63. The average molecular weight is 309 g/mol. The summed E-state index contributed by atoms with van der Waals surface area (Å²) in [5.41, 5.74) is 6.87. The van der Waals surface area contributed by atoms with Crippen LogP contribution in [0.3, 0.4) is 0 Å². The highest BCUT2D eigenvalue weighted by molar-refractivity contribution is 7.99. The molecule has 1 aromatic carbocycles. The Hall–Kier alpha value is -1.40. The first kappa shape index (κ1) is 16.0. The molecule has 0 spiro atoms. The number of benzene rings is 1. The number of amidine groups is 1. The molecule has 1 aromatic rings. The lowest BCUT2D eigenvalue weighted by Crippen LogP contribution is -2.46. The van der Waals surface area contributed by atoms with Crippen LogP contribution in [0.15, 0.2) is 28.3 Å². The van der Waals surface area contributed by atoms with Crippen LogP contribution in [-0.2, 0) is 0 Å². The van der Waals surface area contributed by atoms with Gasteiger partial charge in [-0.15, -0.1) is 11.8 Å². The monoisotopic (exact) mass is 309 g/mol. The van der Waals surface area contributed by atoms with E-state index in [1.165, 1.54) is 0 Å². The number of anilines is 1. The fourth-order valence-corrected chi connectivity index (χ4v) is 3.63. The van der Waals surface area contributed by atoms with Crippen LogP contribution in [0.1, 0.15) is 32.3 Å². The van der Waals surface area contributed by atoms with Gasteiger partial charge >= 0.3 is 0 Å². The van der Waals surface area contributed by atoms with Crippen molar-refractivity contribution in [2.75, 3.05) is 23.7 Å². The summed E-state index contributed by atoms with van der Waals surface area (Å²) in [6.07, 6.45) is 1.72. The summed E-state index contributed by atoms with van der Waals surface area (Å²) >= 11 is 1.66. The third-order valence-corrected chi connectivity index (χ3v) is 4.62. The lowest BCUT2D eigenvalue weighted by atomic mass is 9.94. The Balaban J connectivity index is 2.45. The number of hydrogen-bond donors (Lipinski definition) is 3. The zero-order valence-electron chi connectivity index (χ0n) is 12.5. The first-order valence-electron chi connectivity index (χ1n) is 7.19. The van der Waals surface area contributed by atoms with Crippen molar-refractivity contribution in [1.29, 1.82) is 0 Å². The fraction of sp³-hybridized carbons (Fsp3) is 0.533. The maximum atomic E-state index is 10.3. The van der Waals surface area contributed by atoms with Gasteiger partial charge in [-0.1, -0.05) is 18.1 Å². The lowest BCUT2D eigenvalue weighted by molar-refractivity contribution is 0.0449. The molecule has 0 bridgehead atoms. The Labute approximate surface area is 129 Å². The van der Waals surface area contributed by atoms with E-state index in [4.69, 9.17) is 10.9 Å². The van der Waals surface area contributed by atoms with E-state index in [9.17, 15) is 5.11 Å². The van der Waals surface area contributed by atoms with Crippen LogP contribution in [0.4, 0.5) is 5.69 Å². The summed E-state index contributed by atoms with van der Waals surface area (Å²) in [5.74, 6) is 1.03. The number of hydrogen-bond acceptors (Lipinski definition) is 5. The van der Waals surface area contributed by atoms with Gasteiger partial charge in [-0.2, -0.15) is 0 Å². The first-order chi connectivity index (χ1) is 9.98. The first-order valence-corrected chi connectivity index (χ1v) is 8.18. The maximum Gasteiger partial charge on any atom is 0.173 e. The Bertz CT molecular complexity index is 532. The van der Waals surface area contributed by atoms with Crippen molar-refractivity contribution < 1.29 is 10.3 Å². The van der Waals surface area contributed by atoms with Crippen molar-refractivity contribution in [3.63, 3.8) is 0 Å². The molecule has 5 nitrogen and oxygen atoms in total. The highest BCUT2D eigenvalue weighted by Gasteiger charge is 2.30. The maximum absolute atomic E-state index is 10.3. The number of oxime groups is 1. The summed E-state index contributed by atoms with van der Waals surface area (Å²) in [6.45, 7) is 5.34. The van der Waals surface area contributed by atoms with Gasteiger partial charge in [0.1, 0.15) is 0 Å². The predicted octanol–water partition coefficient (Wildman–Crippen LogP) is 2.24. The van der Waals surface area contributed by atoms with E-state index in [1.54, 1.807) is 11.8 Å². The second-order valence-corrected chi connectivity index (χ2v) is 6.90. The highest BCUT2D eigenvalue weighted by atomic mass is 32.2. The van der Waals surface area contributed by atoms with E-state index in [2.05, 4.69) is 17.0 Å². The van der Waals surface area contributed by atoms with Crippen LogP contribution in [0, 0.1) is 0 Å². The highest BCUT2D eigenvalue weighted by Crippen LogP contribution is 2.33. The molecule has 0 radical (unpaired) electrons. The van der Waals surface area contributed by atoms with E-state index in [0.717, 1.165) is 41.3 Å². The van der Waals surface area contributed by atoms with Gasteiger partial charge in [0.05, 0.1) is 11.2 Å². The molecule has 0 aliphatic carbocycles. The minimum atomic E-state index is -0.700. The third-order valence-electron chi connectivity index (χ3n) is 3.68. The van der Waals surface area contributed by atoms with Gasteiger partial charge < -0.3 is 20.9 Å². The van der Waals surface area contributed by atoms with Crippen molar-refractivity contribution >= 4 is 23.3 Å². The zero-order chi connectivity index (χ0) is 15.5. The van der Waals surface area contributed by atoms with Gasteiger partial charge in [-0.3, -0.25) is 0 Å². The summed E-state index contributed by atoms with van der Waals surface area (Å²) in [6, 6.07) is 5.92. The minimum absolute atomic E-state index is 0.117. The molecule has 1 fully saturated rings. The molecule has 116 valence electrons. The minimum Gasteiger partial charge on any atom is -0.409 e. The van der Waals surface area contributed by atoms with Crippen molar-refractivity contribution in [3.8, 4) is 0 Å². The number of piperidine rings is 1. The number of rotatable bonds is 4. The van der Waals surface area contributed by atoms with E-state index >= 15 is 0 Å². The Morgan fingerprint density at radius 1 is 1.52 bits per heavy atom. The standard InChI is InChI=1S/C15H23N3O2S/c1-3-21-12-7-4-6-11(13(12)14(16)17-20)18-9-5-8-15(2,19)10-18/h4,6-7,19-20H,3,5,8-10H2,1-2H3,(H2,16,17). The second-order valence-electron chi connectivity index (χ2n) is 5.59. The molecule has 1 unspecified atom stereocenters. The molecule has 0 aromatic heterocycles.